The van der Waals surface area contributed by atoms with Gasteiger partial charge in [0.25, 0.3) is 0 Å². The Bertz CT molecular complexity index is 405. The second-order valence-corrected chi connectivity index (χ2v) is 5.52. The molecule has 0 amide bonds. The van der Waals surface area contributed by atoms with Gasteiger partial charge in [-0.1, -0.05) is 24.6 Å². The number of halogens is 1. The van der Waals surface area contributed by atoms with E-state index in [1.54, 1.807) is 0 Å². The fourth-order valence-electron chi connectivity index (χ4n) is 2.42. The number of rotatable bonds is 2. The molecule has 1 atom stereocenters. The molecule has 1 aliphatic heterocycles. The Kier molecular flexibility index (Phi) is 3.64. The first-order chi connectivity index (χ1) is 8.07. The number of aryl methyl sites for hydroxylation is 1. The van der Waals surface area contributed by atoms with Crippen LogP contribution in [0.2, 0.25) is 5.02 Å². The number of hydrogen-bond acceptors (Lipinski definition) is 2. The fourth-order valence-corrected chi connectivity index (χ4v) is 2.59. The molecule has 17 heavy (non-hydrogen) atoms. The van der Waals surface area contributed by atoms with E-state index in [-0.39, 0.29) is 5.54 Å². The molecule has 1 heterocycles. The molecule has 3 heteroatoms. The lowest BCUT2D eigenvalue weighted by atomic mass is 9.93. The van der Waals surface area contributed by atoms with Crippen molar-refractivity contribution in [3.8, 4) is 0 Å². The van der Waals surface area contributed by atoms with E-state index in [0.29, 0.717) is 0 Å². The highest BCUT2D eigenvalue weighted by molar-refractivity contribution is 6.31. The standard InChI is InChI=1S/C14H21ClN2/c1-4-14(3)10-16-7-8-17(14)12-6-5-11(2)13(15)9-12/h5-6,9,16H,4,7-8,10H2,1-3H3. The van der Waals surface area contributed by atoms with Gasteiger partial charge >= 0.3 is 0 Å². The van der Waals surface area contributed by atoms with Crippen LogP contribution in [0.15, 0.2) is 18.2 Å². The Morgan fingerprint density at radius 3 is 2.88 bits per heavy atom. The van der Waals surface area contributed by atoms with Crippen LogP contribution in [0.4, 0.5) is 5.69 Å². The molecule has 0 aliphatic carbocycles. The highest BCUT2D eigenvalue weighted by Gasteiger charge is 2.32. The van der Waals surface area contributed by atoms with Crippen LogP contribution >= 0.6 is 11.6 Å². The number of hydrogen-bond donors (Lipinski definition) is 1. The van der Waals surface area contributed by atoms with Crippen LogP contribution in [-0.4, -0.2) is 25.2 Å². The highest BCUT2D eigenvalue weighted by Crippen LogP contribution is 2.30. The zero-order chi connectivity index (χ0) is 12.5. The van der Waals surface area contributed by atoms with Crippen LogP contribution in [0.5, 0.6) is 0 Å². The summed E-state index contributed by atoms with van der Waals surface area (Å²) >= 11 is 6.23. The van der Waals surface area contributed by atoms with Gasteiger partial charge in [0.15, 0.2) is 0 Å². The molecule has 2 rings (SSSR count). The van der Waals surface area contributed by atoms with E-state index in [9.17, 15) is 0 Å². The smallest absolute Gasteiger partial charge is 0.0496 e. The molecule has 0 radical (unpaired) electrons. The van der Waals surface area contributed by atoms with Crippen molar-refractivity contribution in [2.24, 2.45) is 0 Å². The van der Waals surface area contributed by atoms with Gasteiger partial charge in [0.1, 0.15) is 0 Å². The molecule has 1 N–H and O–H groups in total. The van der Waals surface area contributed by atoms with Crippen LogP contribution < -0.4 is 10.2 Å². The molecular weight excluding hydrogens is 232 g/mol. The lowest BCUT2D eigenvalue weighted by Crippen LogP contribution is -2.59. The van der Waals surface area contributed by atoms with E-state index in [2.05, 4.69) is 42.3 Å². The second-order valence-electron chi connectivity index (χ2n) is 5.11. The molecule has 1 aromatic rings. The Hall–Kier alpha value is -0.730. The monoisotopic (exact) mass is 252 g/mol. The van der Waals surface area contributed by atoms with E-state index >= 15 is 0 Å². The first-order valence-corrected chi connectivity index (χ1v) is 6.69. The lowest BCUT2D eigenvalue weighted by Gasteiger charge is -2.46. The van der Waals surface area contributed by atoms with Crippen LogP contribution in [0.3, 0.4) is 0 Å². The molecule has 1 fully saturated rings. The van der Waals surface area contributed by atoms with Crippen LogP contribution in [0.25, 0.3) is 0 Å². The largest absolute Gasteiger partial charge is 0.364 e. The molecule has 1 unspecified atom stereocenters. The minimum absolute atomic E-state index is 0.191. The van der Waals surface area contributed by atoms with Gasteiger partial charge in [-0.2, -0.15) is 0 Å². The van der Waals surface area contributed by atoms with Gasteiger partial charge in [0.05, 0.1) is 0 Å². The third-order valence-corrected chi connectivity index (χ3v) is 4.31. The SMILES string of the molecule is CCC1(C)CNCCN1c1ccc(C)c(Cl)c1. The van der Waals surface area contributed by atoms with Crippen molar-refractivity contribution in [2.45, 2.75) is 32.7 Å². The van der Waals surface area contributed by atoms with Gasteiger partial charge in [-0.3, -0.25) is 0 Å². The Balaban J connectivity index is 2.33. The fraction of sp³-hybridized carbons (Fsp3) is 0.571. The number of piperazine rings is 1. The summed E-state index contributed by atoms with van der Waals surface area (Å²) in [7, 11) is 0. The van der Waals surface area contributed by atoms with E-state index < -0.39 is 0 Å². The maximum atomic E-state index is 6.23. The highest BCUT2D eigenvalue weighted by atomic mass is 35.5. The summed E-state index contributed by atoms with van der Waals surface area (Å²) in [5.41, 5.74) is 2.58. The zero-order valence-electron chi connectivity index (χ0n) is 10.9. The maximum Gasteiger partial charge on any atom is 0.0496 e. The molecule has 0 spiro atoms. The average Bonchev–Trinajstić information content (AvgIpc) is 2.33. The van der Waals surface area contributed by atoms with E-state index in [4.69, 9.17) is 11.6 Å². The topological polar surface area (TPSA) is 15.3 Å². The predicted octanol–water partition coefficient (Wildman–Crippen LogP) is 3.23. The van der Waals surface area contributed by atoms with Crippen molar-refractivity contribution in [3.63, 3.8) is 0 Å². The zero-order valence-corrected chi connectivity index (χ0v) is 11.6. The van der Waals surface area contributed by atoms with Gasteiger partial charge in [-0.15, -0.1) is 0 Å². The van der Waals surface area contributed by atoms with Crippen LogP contribution in [0, 0.1) is 6.92 Å². The van der Waals surface area contributed by atoms with Crippen molar-refractivity contribution >= 4 is 17.3 Å². The van der Waals surface area contributed by atoms with E-state index in [0.717, 1.165) is 36.6 Å². The Labute approximate surface area is 109 Å². The summed E-state index contributed by atoms with van der Waals surface area (Å²) in [4.78, 5) is 2.48. The van der Waals surface area contributed by atoms with Gasteiger partial charge in [0.2, 0.25) is 0 Å². The summed E-state index contributed by atoms with van der Waals surface area (Å²) < 4.78 is 0. The van der Waals surface area contributed by atoms with E-state index in [1.165, 1.54) is 5.69 Å². The molecule has 1 saturated heterocycles. The Morgan fingerprint density at radius 2 is 2.24 bits per heavy atom. The van der Waals surface area contributed by atoms with Gasteiger partial charge in [-0.25, -0.2) is 0 Å². The lowest BCUT2D eigenvalue weighted by molar-refractivity contribution is 0.342. The molecule has 0 saturated carbocycles. The van der Waals surface area contributed by atoms with Crippen molar-refractivity contribution < 1.29 is 0 Å². The number of benzene rings is 1. The van der Waals surface area contributed by atoms with Crippen molar-refractivity contribution in [1.29, 1.82) is 0 Å². The van der Waals surface area contributed by atoms with Gasteiger partial charge in [-0.05, 0) is 38.0 Å². The van der Waals surface area contributed by atoms with E-state index in [1.807, 2.05) is 6.92 Å². The molecule has 2 nitrogen and oxygen atoms in total. The molecule has 1 aromatic carbocycles. The normalized spacial score (nSPS) is 25.1. The third-order valence-electron chi connectivity index (χ3n) is 3.90. The molecule has 94 valence electrons. The molecule has 0 aromatic heterocycles. The van der Waals surface area contributed by atoms with Crippen molar-refractivity contribution in [1.82, 2.24) is 5.32 Å². The van der Waals surface area contributed by atoms with Crippen LogP contribution in [-0.2, 0) is 0 Å². The average molecular weight is 253 g/mol. The summed E-state index contributed by atoms with van der Waals surface area (Å²) in [5, 5.41) is 4.34. The number of nitrogens with one attached hydrogen (secondary N) is 1. The molecule has 1 aliphatic rings. The third kappa shape index (κ3) is 2.43. The van der Waals surface area contributed by atoms with Crippen LogP contribution in [0.1, 0.15) is 25.8 Å². The number of anilines is 1. The summed E-state index contributed by atoms with van der Waals surface area (Å²) in [6.07, 6.45) is 1.13. The van der Waals surface area contributed by atoms with Gasteiger partial charge < -0.3 is 10.2 Å². The minimum atomic E-state index is 0.191. The quantitative estimate of drug-likeness (QED) is 0.870. The maximum absolute atomic E-state index is 6.23. The first kappa shape index (κ1) is 12.7. The molecule has 0 bridgehead atoms. The van der Waals surface area contributed by atoms with Gasteiger partial charge in [0, 0.05) is 35.9 Å². The summed E-state index contributed by atoms with van der Waals surface area (Å²) in [5.74, 6) is 0. The molecular formula is C14H21ClN2. The summed E-state index contributed by atoms with van der Waals surface area (Å²) in [6.45, 7) is 9.73. The number of nitrogens with zero attached hydrogens (tertiary/aromatic N) is 1. The Morgan fingerprint density at radius 1 is 1.47 bits per heavy atom. The minimum Gasteiger partial charge on any atom is -0.364 e. The second kappa shape index (κ2) is 4.87. The first-order valence-electron chi connectivity index (χ1n) is 6.31. The summed E-state index contributed by atoms with van der Waals surface area (Å²) in [6, 6.07) is 6.38. The van der Waals surface area contributed by atoms with Crippen molar-refractivity contribution in [3.05, 3.63) is 28.8 Å². The predicted molar refractivity (Wildman–Crippen MR) is 75.1 cm³/mol. The van der Waals surface area contributed by atoms with Crippen molar-refractivity contribution in [2.75, 3.05) is 24.5 Å².